The van der Waals surface area contributed by atoms with Gasteiger partial charge in [-0.25, -0.2) is 0 Å². The van der Waals surface area contributed by atoms with Gasteiger partial charge in [-0.05, 0) is 19.4 Å². The van der Waals surface area contributed by atoms with E-state index in [2.05, 4.69) is 10.6 Å². The fourth-order valence-electron chi connectivity index (χ4n) is 2.03. The van der Waals surface area contributed by atoms with Crippen molar-refractivity contribution in [3.63, 3.8) is 0 Å². The standard InChI is InChI=1S/C14H20N2O2.ClH/c1-10-3-5-12(6-4-10)9-16-14(17)13-11(2)18-8-7-15-13;/h3-6,11,13,15H,7-9H2,1-2H3,(H,16,17);1H/t11-,13+;/m1./s1. The molecule has 0 saturated carbocycles. The molecule has 2 rings (SSSR count). The molecule has 19 heavy (non-hydrogen) atoms. The summed E-state index contributed by atoms with van der Waals surface area (Å²) < 4.78 is 5.46. The average molecular weight is 285 g/mol. The number of morpholine rings is 1. The number of aryl methyl sites for hydroxylation is 1. The Morgan fingerprint density at radius 2 is 2.11 bits per heavy atom. The monoisotopic (exact) mass is 284 g/mol. The summed E-state index contributed by atoms with van der Waals surface area (Å²) in [5.74, 6) is 0.00257. The first kappa shape index (κ1) is 16.0. The summed E-state index contributed by atoms with van der Waals surface area (Å²) in [6.07, 6.45) is -0.0724. The highest BCUT2D eigenvalue weighted by atomic mass is 35.5. The van der Waals surface area contributed by atoms with Crippen molar-refractivity contribution in [1.29, 1.82) is 0 Å². The molecule has 2 atom stereocenters. The number of amides is 1. The first-order valence-corrected chi connectivity index (χ1v) is 6.35. The van der Waals surface area contributed by atoms with Crippen LogP contribution in [0.5, 0.6) is 0 Å². The SMILES string of the molecule is Cc1ccc(CNC(=O)[C@H]2NCCO[C@@H]2C)cc1.Cl. The van der Waals surface area contributed by atoms with E-state index < -0.39 is 0 Å². The van der Waals surface area contributed by atoms with Crippen molar-refractivity contribution in [2.24, 2.45) is 0 Å². The van der Waals surface area contributed by atoms with Crippen LogP contribution in [0.15, 0.2) is 24.3 Å². The summed E-state index contributed by atoms with van der Waals surface area (Å²) in [5.41, 5.74) is 2.33. The van der Waals surface area contributed by atoms with Gasteiger partial charge in [0.05, 0.1) is 12.7 Å². The third kappa shape index (κ3) is 4.49. The number of rotatable bonds is 3. The second-order valence-electron chi connectivity index (χ2n) is 4.71. The molecule has 1 heterocycles. The molecule has 2 N–H and O–H groups in total. The number of benzene rings is 1. The van der Waals surface area contributed by atoms with Crippen LogP contribution >= 0.6 is 12.4 Å². The van der Waals surface area contributed by atoms with Gasteiger partial charge in [-0.3, -0.25) is 4.79 Å². The minimum atomic E-state index is -0.246. The third-order valence-electron chi connectivity index (χ3n) is 3.19. The highest BCUT2D eigenvalue weighted by molar-refractivity contribution is 5.85. The quantitative estimate of drug-likeness (QED) is 0.882. The van der Waals surface area contributed by atoms with Gasteiger partial charge in [0, 0.05) is 13.1 Å². The molecular weight excluding hydrogens is 264 g/mol. The van der Waals surface area contributed by atoms with E-state index in [1.807, 2.05) is 38.1 Å². The number of ether oxygens (including phenoxy) is 1. The van der Waals surface area contributed by atoms with E-state index in [4.69, 9.17) is 4.74 Å². The van der Waals surface area contributed by atoms with Crippen molar-refractivity contribution in [2.45, 2.75) is 32.5 Å². The second kappa shape index (κ2) is 7.48. The van der Waals surface area contributed by atoms with Crippen LogP contribution in [0.4, 0.5) is 0 Å². The summed E-state index contributed by atoms with van der Waals surface area (Å²) in [5, 5.41) is 6.11. The van der Waals surface area contributed by atoms with Crippen molar-refractivity contribution < 1.29 is 9.53 Å². The maximum absolute atomic E-state index is 12.0. The zero-order valence-electron chi connectivity index (χ0n) is 11.3. The van der Waals surface area contributed by atoms with Gasteiger partial charge in [-0.1, -0.05) is 29.8 Å². The van der Waals surface area contributed by atoms with Gasteiger partial charge in [0.1, 0.15) is 6.04 Å². The molecule has 0 unspecified atom stereocenters. The normalized spacial score (nSPS) is 22.4. The predicted molar refractivity (Wildman–Crippen MR) is 77.5 cm³/mol. The minimum Gasteiger partial charge on any atom is -0.375 e. The van der Waals surface area contributed by atoms with Gasteiger partial charge in [0.15, 0.2) is 0 Å². The van der Waals surface area contributed by atoms with Gasteiger partial charge in [-0.2, -0.15) is 0 Å². The Kier molecular flexibility index (Phi) is 6.28. The van der Waals surface area contributed by atoms with Gasteiger partial charge in [0.2, 0.25) is 5.91 Å². The van der Waals surface area contributed by atoms with Crippen LogP contribution in [0, 0.1) is 6.92 Å². The Hall–Kier alpha value is -1.10. The number of hydrogen-bond donors (Lipinski definition) is 2. The van der Waals surface area contributed by atoms with Crippen LogP contribution in [0.1, 0.15) is 18.1 Å². The zero-order valence-corrected chi connectivity index (χ0v) is 12.1. The highest BCUT2D eigenvalue weighted by Gasteiger charge is 2.27. The lowest BCUT2D eigenvalue weighted by atomic mass is 10.1. The zero-order chi connectivity index (χ0) is 13.0. The maximum atomic E-state index is 12.0. The largest absolute Gasteiger partial charge is 0.375 e. The van der Waals surface area contributed by atoms with Crippen LogP contribution in [0.25, 0.3) is 0 Å². The van der Waals surface area contributed by atoms with E-state index in [-0.39, 0.29) is 30.5 Å². The lowest BCUT2D eigenvalue weighted by molar-refractivity contribution is -0.129. The van der Waals surface area contributed by atoms with Crippen LogP contribution in [-0.2, 0) is 16.1 Å². The molecule has 0 radical (unpaired) electrons. The number of nitrogens with one attached hydrogen (secondary N) is 2. The number of hydrogen-bond acceptors (Lipinski definition) is 3. The number of halogens is 1. The molecule has 1 aliphatic rings. The van der Waals surface area contributed by atoms with Gasteiger partial charge < -0.3 is 15.4 Å². The van der Waals surface area contributed by atoms with E-state index in [0.717, 1.165) is 12.1 Å². The fourth-order valence-corrected chi connectivity index (χ4v) is 2.03. The molecule has 1 aliphatic heterocycles. The molecule has 0 aliphatic carbocycles. The van der Waals surface area contributed by atoms with E-state index in [1.54, 1.807) is 0 Å². The van der Waals surface area contributed by atoms with Crippen LogP contribution < -0.4 is 10.6 Å². The Bertz CT molecular complexity index is 408. The molecule has 1 amide bonds. The summed E-state index contributed by atoms with van der Waals surface area (Å²) in [6.45, 7) is 5.93. The van der Waals surface area contributed by atoms with Gasteiger partial charge >= 0.3 is 0 Å². The smallest absolute Gasteiger partial charge is 0.240 e. The summed E-state index contributed by atoms with van der Waals surface area (Å²) in [6, 6.07) is 7.91. The van der Waals surface area contributed by atoms with Crippen molar-refractivity contribution in [3.05, 3.63) is 35.4 Å². The Morgan fingerprint density at radius 1 is 1.42 bits per heavy atom. The van der Waals surface area contributed by atoms with Crippen molar-refractivity contribution in [2.75, 3.05) is 13.2 Å². The molecule has 106 valence electrons. The van der Waals surface area contributed by atoms with Crippen LogP contribution in [0.3, 0.4) is 0 Å². The third-order valence-corrected chi connectivity index (χ3v) is 3.19. The van der Waals surface area contributed by atoms with Gasteiger partial charge in [0.25, 0.3) is 0 Å². The molecule has 4 nitrogen and oxygen atoms in total. The summed E-state index contributed by atoms with van der Waals surface area (Å²) in [4.78, 5) is 12.0. The first-order valence-electron chi connectivity index (χ1n) is 6.35. The minimum absolute atomic E-state index is 0. The molecule has 1 aromatic rings. The Labute approximate surface area is 120 Å². The van der Waals surface area contributed by atoms with E-state index in [9.17, 15) is 4.79 Å². The predicted octanol–water partition coefficient (Wildman–Crippen LogP) is 1.41. The van der Waals surface area contributed by atoms with Crippen molar-refractivity contribution >= 4 is 18.3 Å². The number of carbonyl (C=O) groups is 1. The molecule has 0 bridgehead atoms. The molecule has 1 aromatic carbocycles. The van der Waals surface area contributed by atoms with Crippen molar-refractivity contribution in [1.82, 2.24) is 10.6 Å². The lowest BCUT2D eigenvalue weighted by Crippen LogP contribution is -2.55. The Balaban J connectivity index is 0.00000180. The van der Waals surface area contributed by atoms with Crippen LogP contribution in [-0.4, -0.2) is 31.2 Å². The summed E-state index contributed by atoms with van der Waals surface area (Å²) in [7, 11) is 0. The molecule has 5 heteroatoms. The molecule has 0 spiro atoms. The highest BCUT2D eigenvalue weighted by Crippen LogP contribution is 2.06. The topological polar surface area (TPSA) is 50.4 Å². The maximum Gasteiger partial charge on any atom is 0.240 e. The Morgan fingerprint density at radius 3 is 2.74 bits per heavy atom. The van der Waals surface area contributed by atoms with Crippen LogP contribution in [0.2, 0.25) is 0 Å². The average Bonchev–Trinajstić information content (AvgIpc) is 2.38. The fraction of sp³-hybridized carbons (Fsp3) is 0.500. The van der Waals surface area contributed by atoms with E-state index in [0.29, 0.717) is 13.2 Å². The first-order chi connectivity index (χ1) is 8.66. The van der Waals surface area contributed by atoms with E-state index >= 15 is 0 Å². The second-order valence-corrected chi connectivity index (χ2v) is 4.71. The molecule has 1 saturated heterocycles. The van der Waals surface area contributed by atoms with E-state index in [1.165, 1.54) is 5.56 Å². The number of carbonyl (C=O) groups excluding carboxylic acids is 1. The molecular formula is C14H21ClN2O2. The van der Waals surface area contributed by atoms with Crippen molar-refractivity contribution in [3.8, 4) is 0 Å². The lowest BCUT2D eigenvalue weighted by Gasteiger charge is -2.29. The molecule has 0 aromatic heterocycles. The summed E-state index contributed by atoms with van der Waals surface area (Å²) >= 11 is 0. The molecule has 1 fully saturated rings. The van der Waals surface area contributed by atoms with Gasteiger partial charge in [-0.15, -0.1) is 12.4 Å².